The van der Waals surface area contributed by atoms with E-state index in [-0.39, 0.29) is 23.3 Å². The van der Waals surface area contributed by atoms with Crippen LogP contribution in [0.1, 0.15) is 43.6 Å². The molecule has 0 aliphatic heterocycles. The first-order chi connectivity index (χ1) is 9.50. The fourth-order valence-electron chi connectivity index (χ4n) is 3.17. The van der Waals surface area contributed by atoms with Gasteiger partial charge in [0, 0.05) is 5.92 Å². The maximum Gasteiger partial charge on any atom is 0.321 e. The number of hydrogen-bond acceptors (Lipinski definition) is 4. The standard InChI is InChI=1S/C15H21NO4/c16-14(15(19)20)13(9-4-2-1-3-5-9)10-6-7-11(17)12(18)8-10/h6-9,13-14,17-18H,1-5,16H2,(H,19,20)/t13?,14-/m0/s1. The van der Waals surface area contributed by atoms with Crippen LogP contribution in [0.4, 0.5) is 0 Å². The first kappa shape index (κ1) is 14.7. The normalized spacial score (nSPS) is 19.4. The average molecular weight is 279 g/mol. The number of aliphatic carboxylic acids is 1. The molecule has 1 unspecified atom stereocenters. The Hall–Kier alpha value is -1.75. The Morgan fingerprint density at radius 1 is 1.15 bits per heavy atom. The van der Waals surface area contributed by atoms with E-state index in [2.05, 4.69) is 0 Å². The van der Waals surface area contributed by atoms with Gasteiger partial charge in [0.2, 0.25) is 0 Å². The summed E-state index contributed by atoms with van der Waals surface area (Å²) in [6.45, 7) is 0. The summed E-state index contributed by atoms with van der Waals surface area (Å²) in [4.78, 5) is 11.3. The molecule has 0 spiro atoms. The molecule has 5 N–H and O–H groups in total. The number of carbonyl (C=O) groups is 1. The summed E-state index contributed by atoms with van der Waals surface area (Å²) in [5.41, 5.74) is 6.55. The van der Waals surface area contributed by atoms with Crippen molar-refractivity contribution in [2.45, 2.75) is 44.1 Å². The minimum absolute atomic E-state index is 0.207. The van der Waals surface area contributed by atoms with E-state index in [1.165, 1.54) is 18.6 Å². The largest absolute Gasteiger partial charge is 0.504 e. The first-order valence-corrected chi connectivity index (χ1v) is 7.01. The number of nitrogens with two attached hydrogens (primary N) is 1. The molecule has 0 heterocycles. The van der Waals surface area contributed by atoms with E-state index in [0.29, 0.717) is 5.56 Å². The second kappa shape index (κ2) is 6.13. The van der Waals surface area contributed by atoms with Gasteiger partial charge in [-0.25, -0.2) is 0 Å². The zero-order valence-corrected chi connectivity index (χ0v) is 11.3. The van der Waals surface area contributed by atoms with E-state index >= 15 is 0 Å². The molecular weight excluding hydrogens is 258 g/mol. The molecule has 110 valence electrons. The molecule has 1 aromatic rings. The number of phenolic OH excluding ortho intramolecular Hbond substituents is 2. The van der Waals surface area contributed by atoms with E-state index in [4.69, 9.17) is 5.73 Å². The van der Waals surface area contributed by atoms with E-state index in [1.807, 2.05) is 0 Å². The van der Waals surface area contributed by atoms with Crippen LogP contribution in [0.2, 0.25) is 0 Å². The Kier molecular flexibility index (Phi) is 4.49. The number of aromatic hydroxyl groups is 2. The van der Waals surface area contributed by atoms with Crippen molar-refractivity contribution in [3.05, 3.63) is 23.8 Å². The number of phenols is 2. The second-order valence-corrected chi connectivity index (χ2v) is 5.54. The molecule has 1 aromatic carbocycles. The van der Waals surface area contributed by atoms with Crippen LogP contribution in [0.15, 0.2) is 18.2 Å². The van der Waals surface area contributed by atoms with Gasteiger partial charge in [-0.15, -0.1) is 0 Å². The zero-order valence-electron chi connectivity index (χ0n) is 11.3. The molecule has 2 rings (SSSR count). The van der Waals surface area contributed by atoms with Crippen molar-refractivity contribution in [3.8, 4) is 11.5 Å². The van der Waals surface area contributed by atoms with E-state index < -0.39 is 12.0 Å². The van der Waals surface area contributed by atoms with Crippen LogP contribution in [0, 0.1) is 5.92 Å². The van der Waals surface area contributed by atoms with E-state index in [0.717, 1.165) is 25.7 Å². The van der Waals surface area contributed by atoms with Crippen LogP contribution in [0.3, 0.4) is 0 Å². The molecule has 0 amide bonds. The second-order valence-electron chi connectivity index (χ2n) is 5.54. The molecule has 1 fully saturated rings. The van der Waals surface area contributed by atoms with Crippen molar-refractivity contribution in [2.75, 3.05) is 0 Å². The third-order valence-electron chi connectivity index (χ3n) is 4.21. The Labute approximate surface area is 118 Å². The van der Waals surface area contributed by atoms with Gasteiger partial charge in [-0.2, -0.15) is 0 Å². The van der Waals surface area contributed by atoms with Crippen molar-refractivity contribution in [2.24, 2.45) is 11.7 Å². The van der Waals surface area contributed by atoms with Crippen molar-refractivity contribution < 1.29 is 20.1 Å². The maximum atomic E-state index is 11.3. The number of benzene rings is 1. The van der Waals surface area contributed by atoms with Gasteiger partial charge < -0.3 is 21.1 Å². The summed E-state index contributed by atoms with van der Waals surface area (Å²) in [6.07, 6.45) is 5.24. The van der Waals surface area contributed by atoms with Crippen molar-refractivity contribution in [1.29, 1.82) is 0 Å². The highest BCUT2D eigenvalue weighted by Crippen LogP contribution is 2.40. The van der Waals surface area contributed by atoms with Gasteiger partial charge in [0.05, 0.1) is 0 Å². The average Bonchev–Trinajstić information content (AvgIpc) is 2.44. The molecule has 20 heavy (non-hydrogen) atoms. The van der Waals surface area contributed by atoms with Crippen LogP contribution in [-0.4, -0.2) is 27.3 Å². The lowest BCUT2D eigenvalue weighted by Crippen LogP contribution is -2.40. The highest BCUT2D eigenvalue weighted by molar-refractivity contribution is 5.74. The summed E-state index contributed by atoms with van der Waals surface area (Å²) < 4.78 is 0. The molecule has 5 heteroatoms. The topological polar surface area (TPSA) is 104 Å². The predicted octanol–water partition coefficient (Wildman–Crippen LogP) is 2.17. The minimum atomic E-state index is -1.03. The van der Waals surface area contributed by atoms with Crippen LogP contribution < -0.4 is 5.73 Å². The van der Waals surface area contributed by atoms with E-state index in [1.54, 1.807) is 6.07 Å². The third-order valence-corrected chi connectivity index (χ3v) is 4.21. The molecule has 1 saturated carbocycles. The summed E-state index contributed by atoms with van der Waals surface area (Å²) in [5, 5.41) is 28.2. The number of rotatable bonds is 4. The van der Waals surface area contributed by atoms with Gasteiger partial charge >= 0.3 is 5.97 Å². The number of hydrogen-bond donors (Lipinski definition) is 4. The summed E-state index contributed by atoms with van der Waals surface area (Å²) in [5.74, 6) is -1.60. The summed E-state index contributed by atoms with van der Waals surface area (Å²) in [7, 11) is 0. The Morgan fingerprint density at radius 3 is 2.35 bits per heavy atom. The van der Waals surface area contributed by atoms with Crippen LogP contribution >= 0.6 is 0 Å². The zero-order chi connectivity index (χ0) is 14.7. The highest BCUT2D eigenvalue weighted by Gasteiger charge is 2.34. The Balaban J connectivity index is 2.33. The van der Waals surface area contributed by atoms with Gasteiger partial charge in [0.1, 0.15) is 6.04 Å². The Morgan fingerprint density at radius 2 is 1.80 bits per heavy atom. The van der Waals surface area contributed by atoms with Crippen molar-refractivity contribution in [3.63, 3.8) is 0 Å². The quantitative estimate of drug-likeness (QED) is 0.632. The lowest BCUT2D eigenvalue weighted by atomic mass is 9.73. The fourth-order valence-corrected chi connectivity index (χ4v) is 3.17. The SMILES string of the molecule is N[C@H](C(=O)O)C(c1ccc(O)c(O)c1)C1CCCCC1. The molecule has 0 radical (unpaired) electrons. The van der Waals surface area contributed by atoms with E-state index in [9.17, 15) is 20.1 Å². The molecule has 5 nitrogen and oxygen atoms in total. The highest BCUT2D eigenvalue weighted by atomic mass is 16.4. The molecule has 0 aromatic heterocycles. The molecule has 1 aliphatic rings. The predicted molar refractivity (Wildman–Crippen MR) is 74.7 cm³/mol. The maximum absolute atomic E-state index is 11.3. The smallest absolute Gasteiger partial charge is 0.321 e. The third kappa shape index (κ3) is 3.04. The van der Waals surface area contributed by atoms with Gasteiger partial charge in [-0.05, 0) is 36.5 Å². The van der Waals surface area contributed by atoms with Crippen LogP contribution in [-0.2, 0) is 4.79 Å². The molecular formula is C15H21NO4. The summed E-state index contributed by atoms with van der Waals surface area (Å²) >= 11 is 0. The van der Waals surface area contributed by atoms with Crippen molar-refractivity contribution >= 4 is 5.97 Å². The molecule has 2 atom stereocenters. The minimum Gasteiger partial charge on any atom is -0.504 e. The first-order valence-electron chi connectivity index (χ1n) is 7.01. The van der Waals surface area contributed by atoms with Gasteiger partial charge in [-0.1, -0.05) is 25.3 Å². The van der Waals surface area contributed by atoms with Crippen LogP contribution in [0.25, 0.3) is 0 Å². The number of carboxylic acids is 1. The van der Waals surface area contributed by atoms with Crippen LogP contribution in [0.5, 0.6) is 11.5 Å². The molecule has 0 bridgehead atoms. The summed E-state index contributed by atoms with van der Waals surface area (Å²) in [6, 6.07) is 3.46. The molecule has 1 aliphatic carbocycles. The monoisotopic (exact) mass is 279 g/mol. The van der Waals surface area contributed by atoms with Gasteiger partial charge in [0.25, 0.3) is 0 Å². The van der Waals surface area contributed by atoms with Gasteiger partial charge in [-0.3, -0.25) is 4.79 Å². The van der Waals surface area contributed by atoms with Crippen molar-refractivity contribution in [1.82, 2.24) is 0 Å². The van der Waals surface area contributed by atoms with Gasteiger partial charge in [0.15, 0.2) is 11.5 Å². The lowest BCUT2D eigenvalue weighted by Gasteiger charge is -2.33. The molecule has 0 saturated heterocycles. The fraction of sp³-hybridized carbons (Fsp3) is 0.533. The number of carboxylic acid groups (broad SMARTS) is 1. The lowest BCUT2D eigenvalue weighted by molar-refractivity contribution is -0.139. The Bertz CT molecular complexity index is 483.